The molecule has 6 nitrogen and oxygen atoms in total. The van der Waals surface area contributed by atoms with Gasteiger partial charge >= 0.3 is 6.03 Å². The summed E-state index contributed by atoms with van der Waals surface area (Å²) >= 11 is 0. The lowest BCUT2D eigenvalue weighted by Crippen LogP contribution is -2.40. The molecule has 0 spiro atoms. The number of benzene rings is 2. The Morgan fingerprint density at radius 2 is 1.86 bits per heavy atom. The van der Waals surface area contributed by atoms with Crippen LogP contribution in [0.25, 0.3) is 11.4 Å². The van der Waals surface area contributed by atoms with Crippen LogP contribution in [0, 0.1) is 12.7 Å². The second-order valence-corrected chi connectivity index (χ2v) is 6.97. The van der Waals surface area contributed by atoms with Gasteiger partial charge in [0, 0.05) is 30.3 Å². The zero-order valence-corrected chi connectivity index (χ0v) is 15.6. The van der Waals surface area contributed by atoms with E-state index in [1.165, 1.54) is 12.1 Å². The number of hydrogen-bond acceptors (Lipinski definition) is 4. The number of amides is 2. The highest BCUT2D eigenvalue weighted by atomic mass is 19.1. The van der Waals surface area contributed by atoms with Crippen LogP contribution in [0.5, 0.6) is 0 Å². The molecule has 2 amide bonds. The van der Waals surface area contributed by atoms with Gasteiger partial charge in [0.2, 0.25) is 11.7 Å². The van der Waals surface area contributed by atoms with E-state index in [0.717, 1.165) is 24.1 Å². The molecule has 0 atom stereocenters. The average Bonchev–Trinajstić information content (AvgIpc) is 3.20. The van der Waals surface area contributed by atoms with Crippen LogP contribution >= 0.6 is 0 Å². The molecule has 3 aromatic rings. The molecule has 1 aromatic heterocycles. The van der Waals surface area contributed by atoms with Crippen LogP contribution < -0.4 is 5.32 Å². The number of carbonyl (C=O) groups is 1. The van der Waals surface area contributed by atoms with Gasteiger partial charge in [-0.15, -0.1) is 0 Å². The number of carbonyl (C=O) groups excluding carboxylic acids is 1. The summed E-state index contributed by atoms with van der Waals surface area (Å²) in [6.07, 6.45) is 1.51. The van der Waals surface area contributed by atoms with Crippen molar-refractivity contribution in [3.05, 3.63) is 65.8 Å². The van der Waals surface area contributed by atoms with Crippen molar-refractivity contribution in [1.29, 1.82) is 0 Å². The second-order valence-electron chi connectivity index (χ2n) is 6.97. The summed E-state index contributed by atoms with van der Waals surface area (Å²) in [6.45, 7) is 3.21. The number of urea groups is 1. The van der Waals surface area contributed by atoms with Crippen LogP contribution in [0.1, 0.15) is 30.2 Å². The number of likely N-dealkylation sites (tertiary alicyclic amines) is 1. The lowest BCUT2D eigenvalue weighted by Gasteiger charge is -2.30. The highest BCUT2D eigenvalue weighted by molar-refractivity contribution is 5.90. The normalized spacial score (nSPS) is 14.9. The molecule has 28 heavy (non-hydrogen) atoms. The molecule has 2 aromatic carbocycles. The fourth-order valence-electron chi connectivity index (χ4n) is 3.35. The Balaban J connectivity index is 1.36. The molecule has 4 rings (SSSR count). The summed E-state index contributed by atoms with van der Waals surface area (Å²) in [5, 5.41) is 6.98. The molecule has 1 aliphatic heterocycles. The second kappa shape index (κ2) is 7.80. The van der Waals surface area contributed by atoms with Crippen molar-refractivity contribution in [1.82, 2.24) is 15.0 Å². The highest BCUT2D eigenvalue weighted by Crippen LogP contribution is 2.29. The molecular weight excluding hydrogens is 359 g/mol. The van der Waals surface area contributed by atoms with E-state index in [0.29, 0.717) is 30.4 Å². The monoisotopic (exact) mass is 380 g/mol. The summed E-state index contributed by atoms with van der Waals surface area (Å²) in [6, 6.07) is 13.6. The first-order valence-corrected chi connectivity index (χ1v) is 9.31. The number of para-hydroxylation sites is 1. The predicted octanol–water partition coefficient (Wildman–Crippen LogP) is 4.60. The van der Waals surface area contributed by atoms with E-state index >= 15 is 0 Å². The van der Waals surface area contributed by atoms with Crippen molar-refractivity contribution in [2.75, 3.05) is 18.4 Å². The van der Waals surface area contributed by atoms with Crippen molar-refractivity contribution < 1.29 is 13.7 Å². The average molecular weight is 380 g/mol. The molecule has 1 N–H and O–H groups in total. The van der Waals surface area contributed by atoms with Crippen molar-refractivity contribution >= 4 is 11.7 Å². The largest absolute Gasteiger partial charge is 0.339 e. The number of hydrogen-bond donors (Lipinski definition) is 1. The molecule has 1 aliphatic rings. The summed E-state index contributed by atoms with van der Waals surface area (Å²) < 4.78 is 18.5. The topological polar surface area (TPSA) is 71.3 Å². The van der Waals surface area contributed by atoms with Gasteiger partial charge in [-0.25, -0.2) is 9.18 Å². The number of nitrogens with zero attached hydrogens (tertiary/aromatic N) is 3. The van der Waals surface area contributed by atoms with Gasteiger partial charge in [-0.2, -0.15) is 4.98 Å². The van der Waals surface area contributed by atoms with Crippen LogP contribution in [0.2, 0.25) is 0 Å². The van der Waals surface area contributed by atoms with E-state index < -0.39 is 0 Å². The maximum Gasteiger partial charge on any atom is 0.321 e. The van der Waals surface area contributed by atoms with E-state index in [4.69, 9.17) is 4.52 Å². The quantitative estimate of drug-likeness (QED) is 0.721. The number of halogens is 1. The molecule has 1 saturated heterocycles. The van der Waals surface area contributed by atoms with Gasteiger partial charge in [0.15, 0.2) is 0 Å². The fourth-order valence-corrected chi connectivity index (χ4v) is 3.35. The third-order valence-corrected chi connectivity index (χ3v) is 5.06. The van der Waals surface area contributed by atoms with Gasteiger partial charge in [0.25, 0.3) is 0 Å². The van der Waals surface area contributed by atoms with Crippen molar-refractivity contribution in [2.24, 2.45) is 0 Å². The van der Waals surface area contributed by atoms with Crippen molar-refractivity contribution in [3.8, 4) is 11.4 Å². The standard InChI is InChI=1S/C21H21FN4O2/c1-14-4-2-3-5-18(14)23-21(27)26-12-10-16(11-13-26)20-24-19(25-28-20)15-6-8-17(22)9-7-15/h2-9,16H,10-13H2,1H3,(H,23,27). The zero-order valence-electron chi connectivity index (χ0n) is 15.6. The fraction of sp³-hybridized carbons (Fsp3) is 0.286. The molecule has 0 saturated carbocycles. The Morgan fingerprint density at radius 3 is 2.57 bits per heavy atom. The Hall–Kier alpha value is -3.22. The van der Waals surface area contributed by atoms with Crippen LogP contribution in [0.4, 0.5) is 14.9 Å². The number of piperidine rings is 1. The minimum atomic E-state index is -0.302. The molecule has 144 valence electrons. The van der Waals surface area contributed by atoms with Gasteiger partial charge < -0.3 is 14.7 Å². The van der Waals surface area contributed by atoms with Gasteiger partial charge in [0.05, 0.1) is 0 Å². The Bertz CT molecular complexity index is 963. The summed E-state index contributed by atoms with van der Waals surface area (Å²) in [4.78, 5) is 18.8. The SMILES string of the molecule is Cc1ccccc1NC(=O)N1CCC(c2nc(-c3ccc(F)cc3)no2)CC1. The van der Waals surface area contributed by atoms with E-state index in [9.17, 15) is 9.18 Å². The summed E-state index contributed by atoms with van der Waals surface area (Å²) in [5.41, 5.74) is 2.58. The number of aromatic nitrogens is 2. The minimum absolute atomic E-state index is 0.0923. The van der Waals surface area contributed by atoms with Crippen molar-refractivity contribution in [2.45, 2.75) is 25.7 Å². The van der Waals surface area contributed by atoms with Gasteiger partial charge in [-0.1, -0.05) is 23.4 Å². The number of aryl methyl sites for hydroxylation is 1. The third kappa shape index (κ3) is 3.88. The lowest BCUT2D eigenvalue weighted by atomic mass is 9.97. The zero-order chi connectivity index (χ0) is 19.5. The van der Waals surface area contributed by atoms with Gasteiger partial charge in [0.1, 0.15) is 5.82 Å². The van der Waals surface area contributed by atoms with E-state index in [1.807, 2.05) is 31.2 Å². The Morgan fingerprint density at radius 1 is 1.14 bits per heavy atom. The lowest BCUT2D eigenvalue weighted by molar-refractivity contribution is 0.187. The maximum atomic E-state index is 13.1. The molecule has 0 aliphatic carbocycles. The van der Waals surface area contributed by atoms with Crippen molar-refractivity contribution in [3.63, 3.8) is 0 Å². The Kier molecular flexibility index (Phi) is 5.06. The predicted molar refractivity (Wildman–Crippen MR) is 103 cm³/mol. The smallest absolute Gasteiger partial charge is 0.321 e. The molecule has 2 heterocycles. The molecule has 1 fully saturated rings. The number of nitrogens with one attached hydrogen (secondary N) is 1. The van der Waals surface area contributed by atoms with Gasteiger partial charge in [-0.3, -0.25) is 0 Å². The molecule has 0 unspecified atom stereocenters. The van der Waals surface area contributed by atoms with E-state index in [1.54, 1.807) is 17.0 Å². The van der Waals surface area contributed by atoms with Crippen LogP contribution in [-0.4, -0.2) is 34.2 Å². The maximum absolute atomic E-state index is 13.1. The third-order valence-electron chi connectivity index (χ3n) is 5.06. The van der Waals surface area contributed by atoms with Gasteiger partial charge in [-0.05, 0) is 55.7 Å². The number of anilines is 1. The van der Waals surface area contributed by atoms with E-state index in [-0.39, 0.29) is 17.8 Å². The first kappa shape index (κ1) is 18.2. The highest BCUT2D eigenvalue weighted by Gasteiger charge is 2.27. The van der Waals surface area contributed by atoms with Crippen LogP contribution in [-0.2, 0) is 0 Å². The minimum Gasteiger partial charge on any atom is -0.339 e. The van der Waals surface area contributed by atoms with Crippen LogP contribution in [0.15, 0.2) is 53.1 Å². The first-order chi connectivity index (χ1) is 13.6. The van der Waals surface area contributed by atoms with E-state index in [2.05, 4.69) is 15.5 Å². The Labute approximate surface area is 162 Å². The van der Waals surface area contributed by atoms with Crippen LogP contribution in [0.3, 0.4) is 0 Å². The molecule has 7 heteroatoms. The molecule has 0 bridgehead atoms. The molecule has 0 radical (unpaired) electrons. The first-order valence-electron chi connectivity index (χ1n) is 9.31. The molecular formula is C21H21FN4O2. The summed E-state index contributed by atoms with van der Waals surface area (Å²) in [5.74, 6) is 0.834. The summed E-state index contributed by atoms with van der Waals surface area (Å²) in [7, 11) is 0. The number of rotatable bonds is 3.